The van der Waals surface area contributed by atoms with Crippen LogP contribution in [0.15, 0.2) is 70.3 Å². The highest BCUT2D eigenvalue weighted by atomic mass is 32.2. The number of likely N-dealkylation sites (tertiary alicyclic amines) is 1. The number of benzene rings is 2. The Balaban J connectivity index is 1.53. The molecule has 4 aromatic rings. The number of piperidine rings is 1. The van der Waals surface area contributed by atoms with Crippen molar-refractivity contribution >= 4 is 43.9 Å². The molecule has 0 atom stereocenters. The van der Waals surface area contributed by atoms with E-state index in [0.29, 0.717) is 27.9 Å². The second kappa shape index (κ2) is 10.2. The highest BCUT2D eigenvalue weighted by molar-refractivity contribution is 7.92. The molecule has 11 heteroatoms. The van der Waals surface area contributed by atoms with E-state index in [1.165, 1.54) is 12.5 Å². The molecule has 3 N–H and O–H groups in total. The van der Waals surface area contributed by atoms with Gasteiger partial charge in [-0.15, -0.1) is 0 Å². The highest BCUT2D eigenvalue weighted by Crippen LogP contribution is 2.36. The lowest BCUT2D eigenvalue weighted by Gasteiger charge is -2.31. The third-order valence-corrected chi connectivity index (χ3v) is 9.09. The number of nitrogens with zero attached hydrogens (tertiary/aromatic N) is 3. The van der Waals surface area contributed by atoms with Crippen LogP contribution in [0.2, 0.25) is 0 Å². The van der Waals surface area contributed by atoms with Gasteiger partial charge in [0.05, 0.1) is 44.8 Å². The molecule has 2 amide bonds. The van der Waals surface area contributed by atoms with Crippen LogP contribution in [0.3, 0.4) is 0 Å². The zero-order valence-corrected chi connectivity index (χ0v) is 21.9. The van der Waals surface area contributed by atoms with Crippen molar-refractivity contribution in [3.8, 4) is 6.07 Å². The summed E-state index contributed by atoms with van der Waals surface area (Å²) < 4.78 is 33.0. The maximum absolute atomic E-state index is 13.9. The Bertz CT molecular complexity index is 1730. The smallest absolute Gasteiger partial charge is 0.289 e. The summed E-state index contributed by atoms with van der Waals surface area (Å²) in [7, 11) is -3.86. The Morgan fingerprint density at radius 3 is 2.59 bits per heavy atom. The van der Waals surface area contributed by atoms with Crippen LogP contribution in [0.5, 0.6) is 0 Å². The van der Waals surface area contributed by atoms with Crippen LogP contribution in [0.1, 0.15) is 44.9 Å². The standard InChI is InChI=1S/C28H25N5O5S/c1-17-12-21-25(32-19-5-2-4-18(14-19)15-29)22(27(30)34)16-31-26(21)24(13-17)39(36,37)20-7-9-33(10-8-20)28(35)23-6-3-11-38-23/h2-6,11-14,16,20H,7-10H2,1H3,(H2,30,34)(H,31,32). The van der Waals surface area contributed by atoms with Gasteiger partial charge in [0.2, 0.25) is 0 Å². The van der Waals surface area contributed by atoms with Gasteiger partial charge in [-0.3, -0.25) is 14.6 Å². The number of sulfone groups is 1. The van der Waals surface area contributed by atoms with Crippen molar-refractivity contribution in [2.45, 2.75) is 29.9 Å². The van der Waals surface area contributed by atoms with Crippen LogP contribution in [0.4, 0.5) is 11.4 Å². The predicted molar refractivity (Wildman–Crippen MR) is 144 cm³/mol. The van der Waals surface area contributed by atoms with Crippen molar-refractivity contribution in [3.05, 3.63) is 83.4 Å². The molecule has 2 aromatic carbocycles. The lowest BCUT2D eigenvalue weighted by atomic mass is 10.1. The summed E-state index contributed by atoms with van der Waals surface area (Å²) in [4.78, 5) is 30.9. The quantitative estimate of drug-likeness (QED) is 0.370. The SMILES string of the molecule is Cc1cc(S(=O)(=O)C2CCN(C(=O)c3ccco3)CC2)c2ncc(C(N)=O)c(Nc3cccc(C#N)c3)c2c1. The number of carbonyl (C=O) groups excluding carboxylic acids is 2. The van der Waals surface area contributed by atoms with Gasteiger partial charge in [-0.05, 0) is 67.8 Å². The third-order valence-electron chi connectivity index (χ3n) is 6.81. The van der Waals surface area contributed by atoms with E-state index in [9.17, 15) is 23.3 Å². The fourth-order valence-corrected chi connectivity index (χ4v) is 6.83. The van der Waals surface area contributed by atoms with E-state index in [1.807, 2.05) is 0 Å². The van der Waals surface area contributed by atoms with Crippen LogP contribution in [-0.4, -0.2) is 48.5 Å². The molecule has 0 aliphatic carbocycles. The molecule has 1 aliphatic heterocycles. The van der Waals surface area contributed by atoms with Gasteiger partial charge in [0.15, 0.2) is 15.6 Å². The van der Waals surface area contributed by atoms with E-state index in [4.69, 9.17) is 10.2 Å². The molecule has 10 nitrogen and oxygen atoms in total. The first-order valence-corrected chi connectivity index (χ1v) is 13.8. The largest absolute Gasteiger partial charge is 0.459 e. The third kappa shape index (κ3) is 4.94. The van der Waals surface area contributed by atoms with Crippen molar-refractivity contribution in [2.75, 3.05) is 18.4 Å². The van der Waals surface area contributed by atoms with Gasteiger partial charge >= 0.3 is 0 Å². The molecule has 0 spiro atoms. The molecule has 2 aromatic heterocycles. The minimum absolute atomic E-state index is 0.0538. The van der Waals surface area contributed by atoms with Gasteiger partial charge in [0.1, 0.15) is 0 Å². The average molecular weight is 544 g/mol. The lowest BCUT2D eigenvalue weighted by molar-refractivity contribution is 0.0693. The van der Waals surface area contributed by atoms with E-state index < -0.39 is 21.0 Å². The molecule has 5 rings (SSSR count). The van der Waals surface area contributed by atoms with Crippen molar-refractivity contribution in [3.63, 3.8) is 0 Å². The molecule has 1 saturated heterocycles. The van der Waals surface area contributed by atoms with Crippen molar-refractivity contribution in [1.82, 2.24) is 9.88 Å². The first kappa shape index (κ1) is 25.9. The number of rotatable bonds is 6. The average Bonchev–Trinajstić information content (AvgIpc) is 3.48. The summed E-state index contributed by atoms with van der Waals surface area (Å²) in [5.41, 5.74) is 7.84. The number of primary amides is 1. The molecule has 0 radical (unpaired) electrons. The second-order valence-corrected chi connectivity index (χ2v) is 11.6. The first-order chi connectivity index (χ1) is 18.7. The summed E-state index contributed by atoms with van der Waals surface area (Å²) in [5.74, 6) is -0.785. The van der Waals surface area contributed by atoms with Crippen LogP contribution in [0.25, 0.3) is 10.9 Å². The van der Waals surface area contributed by atoms with E-state index >= 15 is 0 Å². The number of hydrogen-bond donors (Lipinski definition) is 2. The summed E-state index contributed by atoms with van der Waals surface area (Å²) in [6.07, 6.45) is 3.21. The molecule has 39 heavy (non-hydrogen) atoms. The van der Waals surface area contributed by atoms with Gasteiger partial charge < -0.3 is 20.4 Å². The number of nitrogens with two attached hydrogens (primary N) is 1. The number of amides is 2. The molecule has 1 aliphatic rings. The number of furan rings is 1. The minimum Gasteiger partial charge on any atom is -0.459 e. The topological polar surface area (TPSA) is 159 Å². The minimum atomic E-state index is -3.86. The van der Waals surface area contributed by atoms with Crippen LogP contribution in [-0.2, 0) is 9.84 Å². The number of hydrogen-bond acceptors (Lipinski definition) is 8. The van der Waals surface area contributed by atoms with Gasteiger partial charge in [-0.25, -0.2) is 8.42 Å². The maximum atomic E-state index is 13.9. The van der Waals surface area contributed by atoms with E-state index in [0.717, 1.165) is 0 Å². The first-order valence-electron chi connectivity index (χ1n) is 12.3. The molecular formula is C28H25N5O5S. The molecular weight excluding hydrogens is 518 g/mol. The van der Waals surface area contributed by atoms with E-state index in [-0.39, 0.29) is 53.6 Å². The van der Waals surface area contributed by atoms with Gasteiger partial charge in [-0.1, -0.05) is 6.07 Å². The number of carbonyl (C=O) groups is 2. The van der Waals surface area contributed by atoms with Crippen LogP contribution < -0.4 is 11.1 Å². The highest BCUT2D eigenvalue weighted by Gasteiger charge is 2.35. The Labute approximate surface area is 225 Å². The zero-order valence-electron chi connectivity index (χ0n) is 21.0. The maximum Gasteiger partial charge on any atom is 0.289 e. The van der Waals surface area contributed by atoms with E-state index in [1.54, 1.807) is 60.4 Å². The lowest BCUT2D eigenvalue weighted by Crippen LogP contribution is -2.42. The normalized spacial score (nSPS) is 14.2. The number of fused-ring (bicyclic) bond motifs is 1. The molecule has 1 fully saturated rings. The van der Waals surface area contributed by atoms with Gasteiger partial charge in [0, 0.05) is 30.4 Å². The number of anilines is 2. The van der Waals surface area contributed by atoms with Gasteiger partial charge in [0.25, 0.3) is 11.8 Å². The summed E-state index contributed by atoms with van der Waals surface area (Å²) >= 11 is 0. The molecule has 198 valence electrons. The van der Waals surface area contributed by atoms with E-state index in [2.05, 4.69) is 16.4 Å². The monoisotopic (exact) mass is 543 g/mol. The van der Waals surface area contributed by atoms with Crippen LogP contribution in [0, 0.1) is 18.3 Å². The molecule has 0 unspecified atom stereocenters. The Morgan fingerprint density at radius 1 is 1.15 bits per heavy atom. The summed E-state index contributed by atoms with van der Waals surface area (Å²) in [5, 5.41) is 12.1. The number of pyridine rings is 1. The number of aryl methyl sites for hydroxylation is 1. The zero-order chi connectivity index (χ0) is 27.7. The summed E-state index contributed by atoms with van der Waals surface area (Å²) in [6.45, 7) is 2.31. The van der Waals surface area contributed by atoms with Crippen molar-refractivity contribution in [1.29, 1.82) is 5.26 Å². The molecule has 3 heterocycles. The molecule has 0 saturated carbocycles. The predicted octanol–water partition coefficient (Wildman–Crippen LogP) is 3.93. The number of aromatic nitrogens is 1. The fourth-order valence-electron chi connectivity index (χ4n) is 4.86. The van der Waals surface area contributed by atoms with Crippen molar-refractivity contribution in [2.24, 2.45) is 5.73 Å². The Hall–Kier alpha value is -4.69. The van der Waals surface area contributed by atoms with Crippen LogP contribution >= 0.6 is 0 Å². The second-order valence-electron chi connectivity index (χ2n) is 9.40. The number of nitrogens with one attached hydrogen (secondary N) is 1. The number of nitriles is 1. The Morgan fingerprint density at radius 2 is 1.92 bits per heavy atom. The fraction of sp³-hybridized carbons (Fsp3) is 0.214. The molecule has 0 bridgehead atoms. The Kier molecular flexibility index (Phi) is 6.80. The van der Waals surface area contributed by atoms with Crippen molar-refractivity contribution < 1.29 is 22.4 Å². The summed E-state index contributed by atoms with van der Waals surface area (Å²) in [6, 6.07) is 15.3. The van der Waals surface area contributed by atoms with Gasteiger partial charge in [-0.2, -0.15) is 5.26 Å².